The fraction of sp³-hybridized carbons (Fsp3) is 0.355. The third-order valence-electron chi connectivity index (χ3n) is 7.98. The van der Waals surface area contributed by atoms with Crippen LogP contribution in [0.15, 0.2) is 48.7 Å². The summed E-state index contributed by atoms with van der Waals surface area (Å²) >= 11 is 0. The SMILES string of the molecule is O=C(NC1CCCC1)c1ccc(NC(=O)c2n[nH]c3ccc(-c4cc(CN5CCCCC5)cc(F)c4F)cc23)cn1. The van der Waals surface area contributed by atoms with Crippen molar-refractivity contribution in [1.29, 1.82) is 0 Å². The van der Waals surface area contributed by atoms with Crippen molar-refractivity contribution in [3.63, 3.8) is 0 Å². The first kappa shape index (κ1) is 27.0. The zero-order valence-electron chi connectivity index (χ0n) is 22.7. The summed E-state index contributed by atoms with van der Waals surface area (Å²) in [5.41, 5.74) is 2.67. The molecule has 10 heteroatoms. The minimum atomic E-state index is -0.927. The molecule has 3 heterocycles. The van der Waals surface area contributed by atoms with Gasteiger partial charge in [-0.2, -0.15) is 5.10 Å². The number of fused-ring (bicyclic) bond motifs is 1. The number of hydrogen-bond donors (Lipinski definition) is 3. The lowest BCUT2D eigenvalue weighted by Gasteiger charge is -2.26. The van der Waals surface area contributed by atoms with Gasteiger partial charge in [-0.05, 0) is 86.3 Å². The van der Waals surface area contributed by atoms with Gasteiger partial charge in [0, 0.05) is 23.5 Å². The van der Waals surface area contributed by atoms with E-state index in [9.17, 15) is 18.4 Å². The molecule has 1 saturated heterocycles. The average molecular weight is 559 g/mol. The fourth-order valence-corrected chi connectivity index (χ4v) is 5.80. The molecule has 3 N–H and O–H groups in total. The zero-order valence-corrected chi connectivity index (χ0v) is 22.7. The highest BCUT2D eigenvalue weighted by molar-refractivity contribution is 6.11. The van der Waals surface area contributed by atoms with Gasteiger partial charge in [-0.15, -0.1) is 0 Å². The van der Waals surface area contributed by atoms with Crippen LogP contribution in [0.4, 0.5) is 14.5 Å². The van der Waals surface area contributed by atoms with Gasteiger partial charge in [0.2, 0.25) is 0 Å². The summed E-state index contributed by atoms with van der Waals surface area (Å²) in [6.07, 6.45) is 9.01. The maximum Gasteiger partial charge on any atom is 0.276 e. The quantitative estimate of drug-likeness (QED) is 0.266. The van der Waals surface area contributed by atoms with Crippen LogP contribution in [0.25, 0.3) is 22.0 Å². The van der Waals surface area contributed by atoms with Gasteiger partial charge < -0.3 is 10.6 Å². The molecule has 41 heavy (non-hydrogen) atoms. The number of carbonyl (C=O) groups excluding carboxylic acids is 2. The first-order chi connectivity index (χ1) is 19.9. The lowest BCUT2D eigenvalue weighted by molar-refractivity contribution is 0.0932. The van der Waals surface area contributed by atoms with Gasteiger partial charge in [-0.25, -0.2) is 13.8 Å². The molecule has 0 bridgehead atoms. The van der Waals surface area contributed by atoms with Crippen molar-refractivity contribution in [1.82, 2.24) is 25.4 Å². The van der Waals surface area contributed by atoms with Gasteiger partial charge in [-0.3, -0.25) is 19.6 Å². The summed E-state index contributed by atoms with van der Waals surface area (Å²) in [5, 5.41) is 13.2. The normalized spacial score (nSPS) is 16.2. The second-order valence-corrected chi connectivity index (χ2v) is 10.9. The van der Waals surface area contributed by atoms with E-state index in [0.717, 1.165) is 51.6 Å². The highest BCUT2D eigenvalue weighted by Gasteiger charge is 2.21. The van der Waals surface area contributed by atoms with E-state index in [4.69, 9.17) is 0 Å². The Morgan fingerprint density at radius 1 is 0.951 bits per heavy atom. The first-order valence-corrected chi connectivity index (χ1v) is 14.2. The average Bonchev–Trinajstić information content (AvgIpc) is 3.65. The third kappa shape index (κ3) is 5.97. The number of likely N-dealkylation sites (tertiary alicyclic amines) is 1. The molecular weight excluding hydrogens is 526 g/mol. The van der Waals surface area contributed by atoms with Crippen molar-refractivity contribution in [3.05, 3.63) is 77.2 Å². The molecule has 2 aliphatic rings. The van der Waals surface area contributed by atoms with Gasteiger partial charge in [0.05, 0.1) is 17.4 Å². The number of aromatic amines is 1. The molecule has 0 unspecified atom stereocenters. The Balaban J connectivity index is 1.20. The molecule has 2 aromatic carbocycles. The molecule has 2 amide bonds. The topological polar surface area (TPSA) is 103 Å². The Labute approximate surface area is 236 Å². The number of benzene rings is 2. The van der Waals surface area contributed by atoms with Crippen molar-refractivity contribution in [2.75, 3.05) is 18.4 Å². The van der Waals surface area contributed by atoms with Crippen LogP contribution in [0, 0.1) is 11.6 Å². The second-order valence-electron chi connectivity index (χ2n) is 10.9. The Hall–Kier alpha value is -4.18. The van der Waals surface area contributed by atoms with E-state index in [2.05, 4.69) is 30.7 Å². The van der Waals surface area contributed by atoms with Crippen LogP contribution in [0.1, 0.15) is 71.5 Å². The lowest BCUT2D eigenvalue weighted by atomic mass is 9.99. The van der Waals surface area contributed by atoms with Gasteiger partial charge in [0.25, 0.3) is 11.8 Å². The predicted octanol–water partition coefficient (Wildman–Crippen LogP) is 5.81. The molecule has 2 fully saturated rings. The third-order valence-corrected chi connectivity index (χ3v) is 7.98. The Morgan fingerprint density at radius 2 is 1.76 bits per heavy atom. The Kier molecular flexibility index (Phi) is 7.74. The fourth-order valence-electron chi connectivity index (χ4n) is 5.80. The Bertz CT molecular complexity index is 1570. The van der Waals surface area contributed by atoms with E-state index in [1.54, 1.807) is 36.4 Å². The van der Waals surface area contributed by atoms with Crippen LogP contribution < -0.4 is 10.6 Å². The highest BCUT2D eigenvalue weighted by atomic mass is 19.2. The first-order valence-electron chi connectivity index (χ1n) is 14.2. The minimum Gasteiger partial charge on any atom is -0.348 e. The monoisotopic (exact) mass is 558 g/mol. The lowest BCUT2D eigenvalue weighted by Crippen LogP contribution is -2.33. The number of aromatic nitrogens is 3. The number of H-pyrrole nitrogens is 1. The minimum absolute atomic E-state index is 0.107. The summed E-state index contributed by atoms with van der Waals surface area (Å²) in [4.78, 5) is 32.1. The standard InChI is InChI=1S/C31H32F2N6O2/c32-25-15-19(18-39-12-4-1-5-13-39)14-23(28(25)33)20-8-10-26-24(16-20)29(38-37-26)31(41)36-22-9-11-27(34-17-22)30(40)35-21-6-2-3-7-21/h8-11,14-17,21H,1-7,12-13,18H2,(H,35,40)(H,36,41)(H,37,38). The second kappa shape index (κ2) is 11.7. The Morgan fingerprint density at radius 3 is 2.51 bits per heavy atom. The summed E-state index contributed by atoms with van der Waals surface area (Å²) in [5.74, 6) is -2.55. The molecule has 0 atom stereocenters. The highest BCUT2D eigenvalue weighted by Crippen LogP contribution is 2.31. The van der Waals surface area contributed by atoms with Gasteiger partial charge in [0.1, 0.15) is 5.69 Å². The summed E-state index contributed by atoms with van der Waals surface area (Å²) in [6.45, 7) is 2.44. The van der Waals surface area contributed by atoms with Crippen LogP contribution >= 0.6 is 0 Å². The molecule has 1 saturated carbocycles. The van der Waals surface area contributed by atoms with E-state index in [0.29, 0.717) is 34.3 Å². The van der Waals surface area contributed by atoms with Crippen LogP contribution in [0.2, 0.25) is 0 Å². The zero-order chi connectivity index (χ0) is 28.3. The maximum atomic E-state index is 15.0. The number of nitrogens with one attached hydrogen (secondary N) is 3. The van der Waals surface area contributed by atoms with Crippen LogP contribution in [-0.4, -0.2) is 51.0 Å². The van der Waals surface area contributed by atoms with E-state index in [1.165, 1.54) is 18.7 Å². The number of halogens is 2. The number of rotatable bonds is 7. The molecule has 1 aliphatic carbocycles. The van der Waals surface area contributed by atoms with E-state index >= 15 is 0 Å². The molecular formula is C31H32F2N6O2. The number of piperidine rings is 1. The number of amides is 2. The maximum absolute atomic E-state index is 15.0. The molecule has 4 aromatic rings. The molecule has 6 rings (SSSR count). The number of carbonyl (C=O) groups is 2. The van der Waals surface area contributed by atoms with Crippen molar-refractivity contribution >= 4 is 28.4 Å². The van der Waals surface area contributed by atoms with E-state index in [-0.39, 0.29) is 28.9 Å². The van der Waals surface area contributed by atoms with Crippen LogP contribution in [0.3, 0.4) is 0 Å². The number of hydrogen-bond acceptors (Lipinski definition) is 5. The number of anilines is 1. The van der Waals surface area contributed by atoms with Crippen LogP contribution in [-0.2, 0) is 6.54 Å². The smallest absolute Gasteiger partial charge is 0.276 e. The van der Waals surface area contributed by atoms with Crippen molar-refractivity contribution in [2.24, 2.45) is 0 Å². The molecule has 212 valence electrons. The van der Waals surface area contributed by atoms with Gasteiger partial charge in [-0.1, -0.05) is 25.3 Å². The van der Waals surface area contributed by atoms with E-state index in [1.807, 2.05) is 0 Å². The number of nitrogens with zero attached hydrogens (tertiary/aromatic N) is 3. The number of pyridine rings is 1. The molecule has 0 spiro atoms. The summed E-state index contributed by atoms with van der Waals surface area (Å²) in [6, 6.07) is 11.3. The molecule has 1 aliphatic heterocycles. The van der Waals surface area contributed by atoms with Crippen LogP contribution in [0.5, 0.6) is 0 Å². The molecule has 0 radical (unpaired) electrons. The van der Waals surface area contributed by atoms with Crippen molar-refractivity contribution < 1.29 is 18.4 Å². The van der Waals surface area contributed by atoms with Crippen molar-refractivity contribution in [3.8, 4) is 11.1 Å². The summed E-state index contributed by atoms with van der Waals surface area (Å²) in [7, 11) is 0. The predicted molar refractivity (Wildman–Crippen MR) is 152 cm³/mol. The van der Waals surface area contributed by atoms with E-state index < -0.39 is 17.5 Å². The van der Waals surface area contributed by atoms with Gasteiger partial charge >= 0.3 is 0 Å². The van der Waals surface area contributed by atoms with Gasteiger partial charge in [0.15, 0.2) is 17.3 Å². The summed E-state index contributed by atoms with van der Waals surface area (Å²) < 4.78 is 29.7. The largest absolute Gasteiger partial charge is 0.348 e. The van der Waals surface area contributed by atoms with Crippen molar-refractivity contribution in [2.45, 2.75) is 57.5 Å². The molecule has 2 aromatic heterocycles. The molecule has 8 nitrogen and oxygen atoms in total.